The third-order valence-corrected chi connectivity index (χ3v) is 2.72. The van der Waals surface area contributed by atoms with E-state index in [0.29, 0.717) is 24.3 Å². The van der Waals surface area contributed by atoms with E-state index in [0.717, 1.165) is 13.1 Å². The lowest BCUT2D eigenvalue weighted by Gasteiger charge is -2.26. The molecule has 0 aromatic carbocycles. The van der Waals surface area contributed by atoms with E-state index in [1.54, 1.807) is 17.2 Å². The van der Waals surface area contributed by atoms with Crippen molar-refractivity contribution < 1.29 is 9.59 Å². The van der Waals surface area contributed by atoms with E-state index in [4.69, 9.17) is 0 Å². The number of hydrogen-bond acceptors (Lipinski definition) is 3. The summed E-state index contributed by atoms with van der Waals surface area (Å²) in [6, 6.07) is 1.62. The Morgan fingerprint density at radius 3 is 2.56 bits per heavy atom. The normalized spacial score (nSPS) is 16.2. The largest absolute Gasteiger partial charge is 0.356 e. The smallest absolute Gasteiger partial charge is 0.270 e. The number of rotatable bonds is 2. The van der Waals surface area contributed by atoms with Crippen LogP contribution in [0.5, 0.6) is 0 Å². The second kappa shape index (κ2) is 4.49. The minimum atomic E-state index is -0.0333. The van der Waals surface area contributed by atoms with Crippen molar-refractivity contribution in [2.75, 3.05) is 26.2 Å². The Kier molecular flexibility index (Phi) is 3.05. The van der Waals surface area contributed by atoms with Gasteiger partial charge in [0.25, 0.3) is 5.91 Å². The van der Waals surface area contributed by atoms with E-state index >= 15 is 0 Å². The van der Waals surface area contributed by atoms with Crippen LogP contribution in [0.2, 0.25) is 0 Å². The molecule has 1 saturated heterocycles. The van der Waals surface area contributed by atoms with E-state index < -0.39 is 0 Å². The number of nitrogens with one attached hydrogen (secondary N) is 2. The first-order chi connectivity index (χ1) is 7.68. The fourth-order valence-corrected chi connectivity index (χ4v) is 1.76. The van der Waals surface area contributed by atoms with Crippen LogP contribution in [0, 0.1) is 0 Å². The van der Waals surface area contributed by atoms with Crippen molar-refractivity contribution in [3.63, 3.8) is 0 Å². The Bertz CT molecular complexity index is 405. The maximum atomic E-state index is 12.0. The standard InChI is InChI=1S/C11H15N3O2/c1-8(15)9-6-10(13-7-9)11(16)14-4-2-12-3-5-14/h6-7,12-13H,2-5H2,1H3. The quantitative estimate of drug-likeness (QED) is 0.704. The van der Waals surface area contributed by atoms with Gasteiger partial charge in [0.15, 0.2) is 5.78 Å². The summed E-state index contributed by atoms with van der Waals surface area (Å²) in [5.41, 5.74) is 1.05. The zero-order chi connectivity index (χ0) is 11.5. The van der Waals surface area contributed by atoms with Crippen molar-refractivity contribution >= 4 is 11.7 Å². The molecule has 1 amide bonds. The van der Waals surface area contributed by atoms with E-state index in [9.17, 15) is 9.59 Å². The molecule has 1 fully saturated rings. The number of nitrogens with zero attached hydrogens (tertiary/aromatic N) is 1. The van der Waals surface area contributed by atoms with Crippen LogP contribution in [0.3, 0.4) is 0 Å². The zero-order valence-electron chi connectivity index (χ0n) is 9.25. The van der Waals surface area contributed by atoms with E-state index in [1.807, 2.05) is 0 Å². The van der Waals surface area contributed by atoms with Gasteiger partial charge in [0.1, 0.15) is 5.69 Å². The van der Waals surface area contributed by atoms with Crippen molar-refractivity contribution in [1.82, 2.24) is 15.2 Å². The minimum absolute atomic E-state index is 0.0318. The lowest BCUT2D eigenvalue weighted by molar-refractivity contribution is 0.0730. The first kappa shape index (κ1) is 10.9. The summed E-state index contributed by atoms with van der Waals surface area (Å²) < 4.78 is 0. The molecule has 1 aliphatic rings. The van der Waals surface area contributed by atoms with Gasteiger partial charge in [-0.3, -0.25) is 9.59 Å². The minimum Gasteiger partial charge on any atom is -0.356 e. The van der Waals surface area contributed by atoms with Crippen LogP contribution in [0.25, 0.3) is 0 Å². The SMILES string of the molecule is CC(=O)c1c[nH]c(C(=O)N2CCNCC2)c1. The highest BCUT2D eigenvalue weighted by Gasteiger charge is 2.19. The number of amides is 1. The molecular formula is C11H15N3O2. The zero-order valence-corrected chi connectivity index (χ0v) is 9.25. The molecule has 0 atom stereocenters. The second-order valence-electron chi connectivity index (χ2n) is 3.90. The van der Waals surface area contributed by atoms with Gasteiger partial charge in [-0.15, -0.1) is 0 Å². The molecule has 0 radical (unpaired) electrons. The Morgan fingerprint density at radius 1 is 1.31 bits per heavy atom. The first-order valence-electron chi connectivity index (χ1n) is 5.38. The maximum Gasteiger partial charge on any atom is 0.270 e. The topological polar surface area (TPSA) is 65.2 Å². The molecule has 5 heteroatoms. The summed E-state index contributed by atoms with van der Waals surface area (Å²) in [7, 11) is 0. The predicted molar refractivity (Wildman–Crippen MR) is 59.6 cm³/mol. The molecule has 0 aliphatic carbocycles. The molecule has 5 nitrogen and oxygen atoms in total. The van der Waals surface area contributed by atoms with Crippen LogP contribution in [0.1, 0.15) is 27.8 Å². The van der Waals surface area contributed by atoms with E-state index in [2.05, 4.69) is 10.3 Å². The van der Waals surface area contributed by atoms with E-state index in [1.165, 1.54) is 6.92 Å². The average Bonchev–Trinajstić information content (AvgIpc) is 2.78. The maximum absolute atomic E-state index is 12.0. The highest BCUT2D eigenvalue weighted by atomic mass is 16.2. The summed E-state index contributed by atoms with van der Waals surface area (Å²) in [4.78, 5) is 27.7. The first-order valence-corrected chi connectivity index (χ1v) is 5.38. The summed E-state index contributed by atoms with van der Waals surface area (Å²) in [6.45, 7) is 4.57. The molecule has 0 spiro atoms. The summed E-state index contributed by atoms with van der Waals surface area (Å²) in [5, 5.41) is 3.19. The molecule has 86 valence electrons. The molecule has 0 bridgehead atoms. The highest BCUT2D eigenvalue weighted by Crippen LogP contribution is 2.08. The Labute approximate surface area is 93.8 Å². The van der Waals surface area contributed by atoms with Gasteiger partial charge in [0, 0.05) is 37.9 Å². The van der Waals surface area contributed by atoms with Gasteiger partial charge < -0.3 is 15.2 Å². The van der Waals surface area contributed by atoms with Crippen molar-refractivity contribution in [2.45, 2.75) is 6.92 Å². The number of aromatic nitrogens is 1. The number of ketones is 1. The van der Waals surface area contributed by atoms with Crippen LogP contribution in [0.4, 0.5) is 0 Å². The summed E-state index contributed by atoms with van der Waals surface area (Å²) in [6.07, 6.45) is 1.58. The van der Waals surface area contributed by atoms with Crippen molar-refractivity contribution in [1.29, 1.82) is 0 Å². The van der Waals surface area contributed by atoms with E-state index in [-0.39, 0.29) is 11.7 Å². The molecule has 1 aromatic heterocycles. The van der Waals surface area contributed by atoms with Crippen LogP contribution >= 0.6 is 0 Å². The highest BCUT2D eigenvalue weighted by molar-refractivity contribution is 5.99. The molecular weight excluding hydrogens is 206 g/mol. The Morgan fingerprint density at radius 2 is 2.00 bits per heavy atom. The van der Waals surface area contributed by atoms with Gasteiger partial charge in [-0.2, -0.15) is 0 Å². The summed E-state index contributed by atoms with van der Waals surface area (Å²) in [5.74, 6) is -0.0652. The number of hydrogen-bond donors (Lipinski definition) is 2. The Hall–Kier alpha value is -1.62. The molecule has 1 aliphatic heterocycles. The van der Waals surface area contributed by atoms with Crippen molar-refractivity contribution in [2.24, 2.45) is 0 Å². The monoisotopic (exact) mass is 221 g/mol. The lowest BCUT2D eigenvalue weighted by Crippen LogP contribution is -2.46. The van der Waals surface area contributed by atoms with Gasteiger partial charge >= 0.3 is 0 Å². The van der Waals surface area contributed by atoms with Crippen LogP contribution in [-0.2, 0) is 0 Å². The number of piperazine rings is 1. The number of aromatic amines is 1. The third kappa shape index (κ3) is 2.14. The number of H-pyrrole nitrogens is 1. The number of carbonyl (C=O) groups excluding carboxylic acids is 2. The van der Waals surface area contributed by atoms with Crippen molar-refractivity contribution in [3.8, 4) is 0 Å². The van der Waals surface area contributed by atoms with Crippen molar-refractivity contribution in [3.05, 3.63) is 23.5 Å². The average molecular weight is 221 g/mol. The van der Waals surface area contributed by atoms with Gasteiger partial charge in [-0.25, -0.2) is 0 Å². The van der Waals surface area contributed by atoms with Gasteiger partial charge in [-0.05, 0) is 13.0 Å². The molecule has 1 aromatic rings. The molecule has 16 heavy (non-hydrogen) atoms. The fraction of sp³-hybridized carbons (Fsp3) is 0.455. The fourth-order valence-electron chi connectivity index (χ4n) is 1.76. The number of Topliss-reactive ketones (excluding diaryl/α,β-unsaturated/α-hetero) is 1. The van der Waals surface area contributed by atoms with Crippen LogP contribution in [-0.4, -0.2) is 47.8 Å². The summed E-state index contributed by atoms with van der Waals surface area (Å²) >= 11 is 0. The second-order valence-corrected chi connectivity index (χ2v) is 3.90. The molecule has 2 N–H and O–H groups in total. The van der Waals surface area contributed by atoms with Gasteiger partial charge in [0.05, 0.1) is 0 Å². The molecule has 2 rings (SSSR count). The van der Waals surface area contributed by atoms with Gasteiger partial charge in [0.2, 0.25) is 0 Å². The Balaban J connectivity index is 2.10. The number of carbonyl (C=O) groups is 2. The third-order valence-electron chi connectivity index (χ3n) is 2.72. The van der Waals surface area contributed by atoms with Gasteiger partial charge in [-0.1, -0.05) is 0 Å². The van der Waals surface area contributed by atoms with Crippen LogP contribution in [0.15, 0.2) is 12.3 Å². The molecule has 0 saturated carbocycles. The predicted octanol–water partition coefficient (Wildman–Crippen LogP) is 0.263. The molecule has 0 unspecified atom stereocenters. The van der Waals surface area contributed by atoms with Crippen LogP contribution < -0.4 is 5.32 Å². The lowest BCUT2D eigenvalue weighted by atomic mass is 10.2. The molecule has 2 heterocycles.